The molecular formula is C9H10N4O5. The summed E-state index contributed by atoms with van der Waals surface area (Å²) in [5, 5.41) is 22.2. The molecule has 0 aromatic heterocycles. The first-order valence-corrected chi connectivity index (χ1v) is 4.77. The number of hydrogen-bond acceptors (Lipinski definition) is 7. The molecule has 0 bridgehead atoms. The van der Waals surface area contributed by atoms with Gasteiger partial charge in [-0.3, -0.25) is 30.0 Å². The number of nitro benzene ring substituents is 2. The highest BCUT2D eigenvalue weighted by Crippen LogP contribution is 2.30. The third-order valence-corrected chi connectivity index (χ3v) is 2.07. The van der Waals surface area contributed by atoms with Gasteiger partial charge in [-0.05, 0) is 13.0 Å². The normalized spacial score (nSPS) is 9.89. The molecule has 96 valence electrons. The van der Waals surface area contributed by atoms with Crippen LogP contribution in [0.3, 0.4) is 0 Å². The molecule has 2 N–H and O–H groups in total. The zero-order valence-electron chi connectivity index (χ0n) is 9.40. The summed E-state index contributed by atoms with van der Waals surface area (Å²) in [5.74, 6) is 5.21. The van der Waals surface area contributed by atoms with Crippen molar-refractivity contribution in [2.45, 2.75) is 6.92 Å². The van der Waals surface area contributed by atoms with Crippen molar-refractivity contribution in [3.05, 3.63) is 38.4 Å². The zero-order valence-corrected chi connectivity index (χ0v) is 9.40. The maximum atomic E-state index is 10.9. The summed E-state index contributed by atoms with van der Waals surface area (Å²) >= 11 is 0. The maximum absolute atomic E-state index is 10.9. The van der Waals surface area contributed by atoms with E-state index in [9.17, 15) is 25.0 Å². The smallest absolute Gasteiger partial charge is 0.298 e. The van der Waals surface area contributed by atoms with Crippen LogP contribution in [0.15, 0.2) is 18.2 Å². The van der Waals surface area contributed by atoms with E-state index in [4.69, 9.17) is 5.84 Å². The molecule has 1 aromatic carbocycles. The predicted octanol–water partition coefficient (Wildman–Crippen LogP) is 0.772. The van der Waals surface area contributed by atoms with Crippen LogP contribution in [0, 0.1) is 20.2 Å². The summed E-state index contributed by atoms with van der Waals surface area (Å²) < 4.78 is 0. The lowest BCUT2D eigenvalue weighted by Crippen LogP contribution is -2.35. The maximum Gasteiger partial charge on any atom is 0.300 e. The molecule has 0 spiro atoms. The molecule has 0 aliphatic carbocycles. The van der Waals surface area contributed by atoms with E-state index >= 15 is 0 Å². The molecular weight excluding hydrogens is 244 g/mol. The minimum Gasteiger partial charge on any atom is -0.298 e. The number of anilines is 1. The van der Waals surface area contributed by atoms with Gasteiger partial charge in [0.15, 0.2) is 5.78 Å². The highest BCUT2D eigenvalue weighted by Gasteiger charge is 2.22. The topological polar surface area (TPSA) is 133 Å². The predicted molar refractivity (Wildman–Crippen MR) is 62.0 cm³/mol. The second-order valence-electron chi connectivity index (χ2n) is 3.52. The van der Waals surface area contributed by atoms with Crippen LogP contribution in [0.4, 0.5) is 17.1 Å². The zero-order chi connectivity index (χ0) is 13.9. The highest BCUT2D eigenvalue weighted by atomic mass is 16.6. The Kier molecular flexibility index (Phi) is 3.89. The number of rotatable bonds is 5. The van der Waals surface area contributed by atoms with E-state index < -0.39 is 21.2 Å². The number of hydrazine groups is 1. The Morgan fingerprint density at radius 3 is 2.39 bits per heavy atom. The summed E-state index contributed by atoms with van der Waals surface area (Å²) in [6.45, 7) is 1.05. The van der Waals surface area contributed by atoms with Crippen LogP contribution in [0.2, 0.25) is 0 Å². The quantitative estimate of drug-likeness (QED) is 0.466. The number of nitro groups is 2. The second-order valence-corrected chi connectivity index (χ2v) is 3.52. The molecule has 9 heteroatoms. The van der Waals surface area contributed by atoms with E-state index in [1.807, 2.05) is 0 Å². The van der Waals surface area contributed by atoms with Gasteiger partial charge in [0.2, 0.25) is 0 Å². The van der Waals surface area contributed by atoms with Crippen LogP contribution in [0.5, 0.6) is 0 Å². The molecule has 0 amide bonds. The molecule has 1 rings (SSSR count). The largest absolute Gasteiger partial charge is 0.300 e. The Bertz CT molecular complexity index is 516. The fourth-order valence-electron chi connectivity index (χ4n) is 1.34. The lowest BCUT2D eigenvalue weighted by atomic mass is 10.2. The van der Waals surface area contributed by atoms with Crippen molar-refractivity contribution in [3.63, 3.8) is 0 Å². The minimum atomic E-state index is -0.789. The summed E-state index contributed by atoms with van der Waals surface area (Å²) in [6.07, 6.45) is 0. The van der Waals surface area contributed by atoms with Gasteiger partial charge < -0.3 is 0 Å². The molecule has 9 nitrogen and oxygen atoms in total. The van der Waals surface area contributed by atoms with Gasteiger partial charge >= 0.3 is 5.69 Å². The van der Waals surface area contributed by atoms with Crippen molar-refractivity contribution in [2.75, 3.05) is 11.6 Å². The lowest BCUT2D eigenvalue weighted by molar-refractivity contribution is -0.393. The first-order chi connectivity index (χ1) is 8.32. The lowest BCUT2D eigenvalue weighted by Gasteiger charge is -2.16. The third kappa shape index (κ3) is 2.98. The van der Waals surface area contributed by atoms with Gasteiger partial charge in [-0.1, -0.05) is 0 Å². The Labute approximate surface area is 101 Å². The van der Waals surface area contributed by atoms with E-state index in [2.05, 4.69) is 0 Å². The second kappa shape index (κ2) is 5.19. The Balaban J connectivity index is 3.23. The number of Topliss-reactive ketones (excluding diaryl/α,β-unsaturated/α-hetero) is 1. The number of nitrogens with zero attached hydrogens (tertiary/aromatic N) is 3. The highest BCUT2D eigenvalue weighted by molar-refractivity contribution is 5.82. The van der Waals surface area contributed by atoms with Crippen molar-refractivity contribution < 1.29 is 14.6 Å². The van der Waals surface area contributed by atoms with E-state index in [1.54, 1.807) is 0 Å². The standard InChI is InChI=1S/C9H10N4O5/c1-6(14)5-11(10)8-3-2-7(12(15)16)4-9(8)13(17)18/h2-4H,5,10H2,1H3. The van der Waals surface area contributed by atoms with Crippen LogP contribution < -0.4 is 10.9 Å². The number of non-ortho nitro benzene ring substituents is 1. The fourth-order valence-corrected chi connectivity index (χ4v) is 1.34. The van der Waals surface area contributed by atoms with Gasteiger partial charge in [-0.2, -0.15) is 0 Å². The van der Waals surface area contributed by atoms with Gasteiger partial charge in [0, 0.05) is 6.07 Å². The third-order valence-electron chi connectivity index (χ3n) is 2.07. The van der Waals surface area contributed by atoms with E-state index in [1.165, 1.54) is 6.92 Å². The molecule has 0 heterocycles. The molecule has 0 unspecified atom stereocenters. The van der Waals surface area contributed by atoms with Crippen molar-refractivity contribution >= 4 is 22.8 Å². The van der Waals surface area contributed by atoms with Crippen molar-refractivity contribution in [1.29, 1.82) is 0 Å². The molecule has 0 saturated heterocycles. The summed E-state index contributed by atoms with van der Waals surface area (Å²) in [4.78, 5) is 30.7. The first-order valence-electron chi connectivity index (χ1n) is 4.77. The molecule has 0 atom stereocenters. The van der Waals surface area contributed by atoms with Crippen LogP contribution in [0.1, 0.15) is 6.92 Å². The molecule has 0 radical (unpaired) electrons. The van der Waals surface area contributed by atoms with Crippen LogP contribution >= 0.6 is 0 Å². The Morgan fingerprint density at radius 2 is 1.94 bits per heavy atom. The average Bonchev–Trinajstić information content (AvgIpc) is 2.26. The van der Waals surface area contributed by atoms with Crippen molar-refractivity contribution in [2.24, 2.45) is 5.84 Å². The van der Waals surface area contributed by atoms with E-state index in [0.29, 0.717) is 0 Å². The number of ketones is 1. The number of carbonyl (C=O) groups is 1. The first kappa shape index (κ1) is 13.5. The fraction of sp³-hybridized carbons (Fsp3) is 0.222. The van der Waals surface area contributed by atoms with Crippen molar-refractivity contribution in [3.8, 4) is 0 Å². The average molecular weight is 254 g/mol. The molecule has 18 heavy (non-hydrogen) atoms. The number of nitrogens with two attached hydrogens (primary N) is 1. The van der Waals surface area contributed by atoms with Crippen molar-refractivity contribution in [1.82, 2.24) is 0 Å². The Hall–Kier alpha value is -2.55. The van der Waals surface area contributed by atoms with Gasteiger partial charge in [-0.25, -0.2) is 5.84 Å². The van der Waals surface area contributed by atoms with Gasteiger partial charge in [0.05, 0.1) is 22.5 Å². The number of hydrogen-bond donors (Lipinski definition) is 1. The molecule has 1 aromatic rings. The summed E-state index contributed by atoms with van der Waals surface area (Å²) in [5.41, 5.74) is -0.990. The number of benzene rings is 1. The minimum absolute atomic E-state index is 0.0548. The monoisotopic (exact) mass is 254 g/mol. The molecule has 0 fully saturated rings. The van der Waals surface area contributed by atoms with Crippen LogP contribution in [-0.2, 0) is 4.79 Å². The molecule has 0 aliphatic heterocycles. The SMILES string of the molecule is CC(=O)CN(N)c1ccc([N+](=O)[O-])cc1[N+](=O)[O-]. The van der Waals surface area contributed by atoms with Crippen LogP contribution in [0.25, 0.3) is 0 Å². The Morgan fingerprint density at radius 1 is 1.33 bits per heavy atom. The van der Waals surface area contributed by atoms with Gasteiger partial charge in [0.1, 0.15) is 5.69 Å². The van der Waals surface area contributed by atoms with E-state index in [-0.39, 0.29) is 18.0 Å². The van der Waals surface area contributed by atoms with E-state index in [0.717, 1.165) is 23.2 Å². The molecule has 0 saturated carbocycles. The molecule has 0 aliphatic rings. The number of carbonyl (C=O) groups excluding carboxylic acids is 1. The summed E-state index contributed by atoms with van der Waals surface area (Å²) in [7, 11) is 0. The summed E-state index contributed by atoms with van der Waals surface area (Å²) in [6, 6.07) is 3.02. The van der Waals surface area contributed by atoms with Gasteiger partial charge in [0.25, 0.3) is 5.69 Å². The van der Waals surface area contributed by atoms with Crippen LogP contribution in [-0.4, -0.2) is 22.2 Å². The van der Waals surface area contributed by atoms with Gasteiger partial charge in [-0.15, -0.1) is 0 Å².